The van der Waals surface area contributed by atoms with E-state index >= 15 is 0 Å². The Kier molecular flexibility index (Phi) is 9.99. The summed E-state index contributed by atoms with van der Waals surface area (Å²) >= 11 is -4.05. The molecule has 2 atom stereocenters. The molecule has 0 spiro atoms. The van der Waals surface area contributed by atoms with Gasteiger partial charge in [0.1, 0.15) is 11.5 Å². The van der Waals surface area contributed by atoms with Crippen LogP contribution in [0.25, 0.3) is 5.65 Å². The van der Waals surface area contributed by atoms with Gasteiger partial charge in [-0.25, -0.2) is 9.24 Å². The van der Waals surface area contributed by atoms with Crippen LogP contribution >= 0.6 is 0 Å². The lowest BCUT2D eigenvalue weighted by Crippen LogP contribution is -2.37. The predicted octanol–water partition coefficient (Wildman–Crippen LogP) is 2.98. The zero-order valence-electron chi connectivity index (χ0n) is 26.4. The number of aromatic nitrogens is 4. The van der Waals surface area contributed by atoms with Crippen LogP contribution in [0.5, 0.6) is 11.5 Å². The summed E-state index contributed by atoms with van der Waals surface area (Å²) < 4.78 is 44.3. The smallest absolute Gasteiger partial charge is 0.316 e. The maximum absolute atomic E-state index is 12.9. The molecular formula is C29H38N8O6S2. The number of benzene rings is 2. The molecule has 2 amide bonds. The molecule has 45 heavy (non-hydrogen) atoms. The van der Waals surface area contributed by atoms with E-state index in [1.165, 1.54) is 38.4 Å². The average molecular weight is 659 g/mol. The van der Waals surface area contributed by atoms with Gasteiger partial charge in [0.05, 0.1) is 5.69 Å². The van der Waals surface area contributed by atoms with Gasteiger partial charge in [-0.05, 0) is 36.8 Å². The Bertz CT molecular complexity index is 1740. The fourth-order valence-electron chi connectivity index (χ4n) is 4.19. The number of anilines is 1. The lowest BCUT2D eigenvalue weighted by Gasteiger charge is -2.22. The average Bonchev–Trinajstić information content (AvgIpc) is 3.59. The van der Waals surface area contributed by atoms with E-state index in [1.807, 2.05) is 24.4 Å². The molecule has 14 nitrogen and oxygen atoms in total. The Morgan fingerprint density at radius 2 is 1.53 bits per heavy atom. The highest BCUT2D eigenvalue weighted by Gasteiger charge is 2.30. The van der Waals surface area contributed by atoms with E-state index in [4.69, 9.17) is 8.37 Å². The number of nitrogens with zero attached hydrogens (tertiary/aromatic N) is 3. The predicted molar refractivity (Wildman–Crippen MR) is 173 cm³/mol. The Morgan fingerprint density at radius 3 is 2.13 bits per heavy atom. The van der Waals surface area contributed by atoms with Gasteiger partial charge in [0.15, 0.2) is 11.5 Å². The summed E-state index contributed by atoms with van der Waals surface area (Å²) in [6.07, 6.45) is 0. The molecule has 4 aromatic rings. The number of H-pyrrole nitrogens is 1. The van der Waals surface area contributed by atoms with E-state index in [1.54, 1.807) is 19.1 Å². The number of hydrogen-bond donors (Lipinski definition) is 5. The number of amides is 2. The van der Waals surface area contributed by atoms with Gasteiger partial charge in [-0.3, -0.25) is 19.4 Å². The first-order valence-corrected chi connectivity index (χ1v) is 16.1. The van der Waals surface area contributed by atoms with Crippen molar-refractivity contribution < 1.29 is 26.4 Å². The zero-order valence-corrected chi connectivity index (χ0v) is 28.0. The van der Waals surface area contributed by atoms with Gasteiger partial charge in [0.25, 0.3) is 23.1 Å². The maximum Gasteiger partial charge on any atom is 0.316 e. The van der Waals surface area contributed by atoms with Gasteiger partial charge in [0.2, 0.25) is 0 Å². The van der Waals surface area contributed by atoms with Crippen LogP contribution in [-0.4, -0.2) is 60.7 Å². The van der Waals surface area contributed by atoms with Crippen LogP contribution in [0.2, 0.25) is 0 Å². The highest BCUT2D eigenvalue weighted by molar-refractivity contribution is 7.82. The van der Waals surface area contributed by atoms with Crippen LogP contribution in [0, 0.1) is 6.92 Å². The van der Waals surface area contributed by atoms with Gasteiger partial charge < -0.3 is 19.0 Å². The fourth-order valence-corrected chi connectivity index (χ4v) is 5.70. The summed E-state index contributed by atoms with van der Waals surface area (Å²) in [5, 5.41) is 17.0. The van der Waals surface area contributed by atoms with Crippen LogP contribution in [0.1, 0.15) is 72.4 Å². The molecule has 4 rings (SSSR count). The Labute approximate surface area is 266 Å². The van der Waals surface area contributed by atoms with E-state index in [9.17, 15) is 18.0 Å². The summed E-state index contributed by atoms with van der Waals surface area (Å²) in [5.41, 5.74) is 2.42. The van der Waals surface area contributed by atoms with Gasteiger partial charge in [-0.1, -0.05) is 40.7 Å². The minimum absolute atomic E-state index is 0.0379. The molecule has 2 aromatic carbocycles. The molecule has 5 N–H and O–H groups in total. The number of rotatable bonds is 12. The number of nitrogens with one attached hydrogen (secondary N) is 5. The standard InChI is InChI=1S/C29H38N8O6S2/c1-17-9-10-20(36-45(41)42-21-12-18(25(38)30-7)11-19(13-21)26(39)31-8)14-22(17)43-44(40)32-16-29(5,6)27-34-33-24-15-23(28(2,3)4)35-37(24)27/h9-15,32,35-36H,16H2,1-8H3,(H,30,38)(H,31,39). The third-order valence-corrected chi connectivity index (χ3v) is 8.31. The van der Waals surface area contributed by atoms with Gasteiger partial charge >= 0.3 is 11.3 Å². The summed E-state index contributed by atoms with van der Waals surface area (Å²) in [4.78, 5) is 24.3. The Balaban J connectivity index is 1.41. The molecule has 0 saturated heterocycles. The van der Waals surface area contributed by atoms with Crippen LogP contribution in [-0.2, 0) is 33.4 Å². The molecule has 2 unspecified atom stereocenters. The summed E-state index contributed by atoms with van der Waals surface area (Å²) in [7, 11) is 2.91. The molecule has 0 aliphatic rings. The number of carbonyl (C=O) groups excluding carboxylic acids is 2. The van der Waals surface area contributed by atoms with E-state index in [0.29, 0.717) is 22.7 Å². The normalized spacial score (nSPS) is 13.2. The van der Waals surface area contributed by atoms with Crippen molar-refractivity contribution in [3.63, 3.8) is 0 Å². The fraction of sp³-hybridized carbons (Fsp3) is 0.379. The van der Waals surface area contributed by atoms with Gasteiger partial charge in [0, 0.05) is 60.4 Å². The van der Waals surface area contributed by atoms with Crippen molar-refractivity contribution in [2.75, 3.05) is 25.4 Å². The molecule has 0 fully saturated rings. The van der Waals surface area contributed by atoms with Crippen molar-refractivity contribution in [3.05, 3.63) is 70.7 Å². The lowest BCUT2D eigenvalue weighted by atomic mass is 9.93. The van der Waals surface area contributed by atoms with Crippen LogP contribution in [0.3, 0.4) is 0 Å². The van der Waals surface area contributed by atoms with E-state index in [2.05, 4.69) is 56.1 Å². The second-order valence-electron chi connectivity index (χ2n) is 12.0. The van der Waals surface area contributed by atoms with Crippen LogP contribution < -0.4 is 28.4 Å². The lowest BCUT2D eigenvalue weighted by molar-refractivity contribution is 0.0962. The van der Waals surface area contributed by atoms with E-state index < -0.39 is 39.8 Å². The second-order valence-corrected chi connectivity index (χ2v) is 13.7. The third kappa shape index (κ3) is 8.06. The minimum atomic E-state index is -2.12. The van der Waals surface area contributed by atoms with Crippen LogP contribution in [0.15, 0.2) is 42.5 Å². The van der Waals surface area contributed by atoms with Crippen molar-refractivity contribution in [2.24, 2.45) is 0 Å². The Hall–Kier alpha value is -4.28. The highest BCUT2D eigenvalue weighted by Crippen LogP contribution is 2.27. The molecule has 0 aliphatic carbocycles. The first-order valence-electron chi connectivity index (χ1n) is 14.0. The van der Waals surface area contributed by atoms with Crippen LogP contribution in [0.4, 0.5) is 5.69 Å². The number of aryl methyl sites for hydroxylation is 1. The highest BCUT2D eigenvalue weighted by atomic mass is 32.2. The number of hydrogen-bond acceptors (Lipinski definition) is 8. The maximum atomic E-state index is 12.9. The number of aromatic amines is 1. The molecule has 0 saturated carbocycles. The van der Waals surface area contributed by atoms with Crippen molar-refractivity contribution in [1.82, 2.24) is 35.2 Å². The topological polar surface area (TPSA) is 181 Å². The largest absolute Gasteiger partial charge is 0.389 e. The summed E-state index contributed by atoms with van der Waals surface area (Å²) in [5.74, 6) is 0.113. The molecule has 16 heteroatoms. The van der Waals surface area contributed by atoms with Gasteiger partial charge in [-0.2, -0.15) is 8.42 Å². The SMILES string of the molecule is CNC(=O)c1cc(OS(=O)Nc2ccc(C)c(OS(=O)NCC(C)(C)c3nnc4cc(C(C)(C)C)[nH]n34)c2)cc(C(=O)NC)c1. The summed E-state index contributed by atoms with van der Waals surface area (Å²) in [6.45, 7) is 12.3. The third-order valence-electron chi connectivity index (χ3n) is 6.85. The first kappa shape index (κ1) is 33.6. The van der Waals surface area contributed by atoms with Gasteiger partial charge in [-0.15, -0.1) is 10.2 Å². The number of carbonyl (C=O) groups is 2. The molecule has 2 heterocycles. The number of fused-ring (bicyclic) bond motifs is 1. The monoisotopic (exact) mass is 658 g/mol. The quantitative estimate of drug-likeness (QED) is 0.154. The first-order chi connectivity index (χ1) is 21.1. The van der Waals surface area contributed by atoms with Crippen molar-refractivity contribution in [1.29, 1.82) is 0 Å². The zero-order chi connectivity index (χ0) is 33.1. The van der Waals surface area contributed by atoms with E-state index in [-0.39, 0.29) is 34.6 Å². The van der Waals surface area contributed by atoms with Crippen molar-refractivity contribution >= 4 is 45.7 Å². The Morgan fingerprint density at radius 1 is 0.889 bits per heavy atom. The van der Waals surface area contributed by atoms with Crippen molar-refractivity contribution in [3.8, 4) is 11.5 Å². The summed E-state index contributed by atoms with van der Waals surface area (Å²) in [6, 6.07) is 11.0. The molecule has 242 valence electrons. The van der Waals surface area contributed by atoms with Crippen molar-refractivity contribution in [2.45, 2.75) is 52.4 Å². The molecule has 0 bridgehead atoms. The molecule has 0 aliphatic heterocycles. The molecule has 0 radical (unpaired) electrons. The molecular weight excluding hydrogens is 621 g/mol. The molecule has 2 aromatic heterocycles. The second kappa shape index (κ2) is 13.4. The van der Waals surface area contributed by atoms with E-state index in [0.717, 1.165) is 5.69 Å². The minimum Gasteiger partial charge on any atom is -0.389 e.